The molecule has 9 nitrogen and oxygen atoms in total. The molecule has 0 saturated heterocycles. The van der Waals surface area contributed by atoms with Crippen LogP contribution < -0.4 is 11.5 Å². The molecular weight excluding hydrogens is 342 g/mol. The molecule has 2 heterocycles. The molecule has 4 rings (SSSR count). The highest BCUT2D eigenvalue weighted by Crippen LogP contribution is 2.32. The van der Waals surface area contributed by atoms with E-state index in [1.807, 2.05) is 60.7 Å². The number of nitrogens with zero attached hydrogens (tertiary/aromatic N) is 7. The van der Waals surface area contributed by atoms with Gasteiger partial charge in [0.1, 0.15) is 5.69 Å². The zero-order valence-electron chi connectivity index (χ0n) is 14.1. The largest absolute Gasteiger partial charge is 0.382 e. The first-order valence-electron chi connectivity index (χ1n) is 8.08. The summed E-state index contributed by atoms with van der Waals surface area (Å²) in [7, 11) is 0. The molecule has 0 aliphatic rings. The van der Waals surface area contributed by atoms with Crippen molar-refractivity contribution in [2.75, 3.05) is 11.5 Å². The molecule has 2 aromatic carbocycles. The van der Waals surface area contributed by atoms with Gasteiger partial charge in [-0.25, -0.2) is 4.98 Å². The fraction of sp³-hybridized carbons (Fsp3) is 0. The minimum atomic E-state index is 0.172. The van der Waals surface area contributed by atoms with Gasteiger partial charge < -0.3 is 11.5 Å². The molecule has 132 valence electrons. The molecule has 2 aromatic heterocycles. The molecule has 0 spiro atoms. The molecular formula is C18H15N9. The van der Waals surface area contributed by atoms with Crippen LogP contribution in [0, 0.1) is 0 Å². The minimum absolute atomic E-state index is 0.172. The van der Waals surface area contributed by atoms with E-state index in [-0.39, 0.29) is 11.6 Å². The molecule has 4 aromatic rings. The quantitative estimate of drug-likeness (QED) is 0.511. The van der Waals surface area contributed by atoms with Gasteiger partial charge in [0.25, 0.3) is 0 Å². The van der Waals surface area contributed by atoms with Crippen LogP contribution in [0.4, 0.5) is 34.4 Å². The van der Waals surface area contributed by atoms with E-state index < -0.39 is 0 Å². The lowest BCUT2D eigenvalue weighted by Crippen LogP contribution is -2.00. The SMILES string of the molecule is Nc1nn2c(N)c(N=Nc3ccccc3)cnc2c1N=Nc1ccccc1. The van der Waals surface area contributed by atoms with Crippen molar-refractivity contribution in [3.05, 3.63) is 66.9 Å². The lowest BCUT2D eigenvalue weighted by atomic mass is 10.3. The maximum absolute atomic E-state index is 6.15. The number of hydrogen-bond donors (Lipinski definition) is 2. The molecule has 0 bridgehead atoms. The first kappa shape index (κ1) is 16.3. The average Bonchev–Trinajstić information content (AvgIpc) is 3.03. The van der Waals surface area contributed by atoms with Crippen molar-refractivity contribution in [3.63, 3.8) is 0 Å². The standard InChI is InChI=1S/C18H15N9/c19-16-15(25-23-13-9-5-2-6-10-13)18-21-11-14(17(20)27(18)26-16)24-22-12-7-3-1-4-8-12/h1-11H,20H2,(H2,19,26). The number of anilines is 2. The molecule has 0 aliphatic heterocycles. The third-order valence-electron chi connectivity index (χ3n) is 3.71. The van der Waals surface area contributed by atoms with Gasteiger partial charge in [0.15, 0.2) is 23.0 Å². The number of nitrogens with two attached hydrogens (primary N) is 2. The van der Waals surface area contributed by atoms with E-state index in [1.54, 1.807) is 0 Å². The van der Waals surface area contributed by atoms with Crippen LogP contribution in [0.25, 0.3) is 5.65 Å². The van der Waals surface area contributed by atoms with E-state index in [4.69, 9.17) is 11.5 Å². The minimum Gasteiger partial charge on any atom is -0.382 e. The molecule has 27 heavy (non-hydrogen) atoms. The molecule has 0 fully saturated rings. The number of aromatic nitrogens is 3. The predicted octanol–water partition coefficient (Wildman–Crippen LogP) is 4.72. The normalized spacial score (nSPS) is 11.7. The zero-order chi connectivity index (χ0) is 18.6. The maximum atomic E-state index is 6.15. The van der Waals surface area contributed by atoms with Crippen molar-refractivity contribution in [2.45, 2.75) is 0 Å². The van der Waals surface area contributed by atoms with Gasteiger partial charge >= 0.3 is 0 Å². The Morgan fingerprint density at radius 1 is 0.741 bits per heavy atom. The summed E-state index contributed by atoms with van der Waals surface area (Å²) < 4.78 is 1.38. The van der Waals surface area contributed by atoms with Gasteiger partial charge in [-0.05, 0) is 24.3 Å². The number of nitrogen functional groups attached to an aromatic ring is 2. The van der Waals surface area contributed by atoms with Crippen LogP contribution in [0.15, 0.2) is 87.3 Å². The second-order valence-electron chi connectivity index (χ2n) is 5.57. The molecule has 0 aliphatic carbocycles. The molecule has 0 amide bonds. The highest BCUT2D eigenvalue weighted by molar-refractivity contribution is 5.78. The number of azo groups is 2. The Kier molecular flexibility index (Phi) is 4.24. The van der Waals surface area contributed by atoms with Gasteiger partial charge in [-0.2, -0.15) is 14.7 Å². The Morgan fingerprint density at radius 3 is 1.96 bits per heavy atom. The third kappa shape index (κ3) is 3.33. The van der Waals surface area contributed by atoms with Gasteiger partial charge in [0, 0.05) is 0 Å². The van der Waals surface area contributed by atoms with Crippen LogP contribution in [0.2, 0.25) is 0 Å². The van der Waals surface area contributed by atoms with Crippen LogP contribution in [0.1, 0.15) is 0 Å². The topological polar surface area (TPSA) is 132 Å². The van der Waals surface area contributed by atoms with E-state index >= 15 is 0 Å². The summed E-state index contributed by atoms with van der Waals surface area (Å²) >= 11 is 0. The van der Waals surface area contributed by atoms with Crippen LogP contribution in [-0.4, -0.2) is 14.6 Å². The van der Waals surface area contributed by atoms with Crippen molar-refractivity contribution in [1.29, 1.82) is 0 Å². The van der Waals surface area contributed by atoms with Crippen molar-refractivity contribution in [3.8, 4) is 0 Å². The second kappa shape index (κ2) is 7.00. The average molecular weight is 357 g/mol. The summed E-state index contributed by atoms with van der Waals surface area (Å²) in [6.45, 7) is 0. The fourth-order valence-corrected chi connectivity index (χ4v) is 2.38. The van der Waals surface area contributed by atoms with Crippen molar-refractivity contribution < 1.29 is 0 Å². The Bertz CT molecular complexity index is 1130. The van der Waals surface area contributed by atoms with Gasteiger partial charge in [-0.15, -0.1) is 15.3 Å². The van der Waals surface area contributed by atoms with Crippen molar-refractivity contribution in [1.82, 2.24) is 14.6 Å². The molecule has 0 saturated carbocycles. The molecule has 9 heteroatoms. The summed E-state index contributed by atoms with van der Waals surface area (Å²) in [6.07, 6.45) is 1.50. The number of hydrogen-bond acceptors (Lipinski definition) is 8. The highest BCUT2D eigenvalue weighted by atomic mass is 15.3. The summed E-state index contributed by atoms with van der Waals surface area (Å²) in [6, 6.07) is 18.6. The zero-order valence-corrected chi connectivity index (χ0v) is 14.1. The monoisotopic (exact) mass is 357 g/mol. The van der Waals surface area contributed by atoms with Crippen molar-refractivity contribution >= 4 is 40.0 Å². The summed E-state index contributed by atoms with van der Waals surface area (Å²) in [5.74, 6) is 0.429. The summed E-state index contributed by atoms with van der Waals surface area (Å²) in [5, 5.41) is 20.8. The Balaban J connectivity index is 1.70. The van der Waals surface area contributed by atoms with Gasteiger partial charge in [0.2, 0.25) is 0 Å². The van der Waals surface area contributed by atoms with E-state index in [9.17, 15) is 0 Å². The lowest BCUT2D eigenvalue weighted by molar-refractivity contribution is 0.953. The molecule has 0 radical (unpaired) electrons. The Labute approximate surface area is 154 Å². The van der Waals surface area contributed by atoms with E-state index in [0.29, 0.717) is 28.4 Å². The van der Waals surface area contributed by atoms with Gasteiger partial charge in [0.05, 0.1) is 17.6 Å². The molecule has 0 atom stereocenters. The number of fused-ring (bicyclic) bond motifs is 1. The lowest BCUT2D eigenvalue weighted by Gasteiger charge is -2.01. The van der Waals surface area contributed by atoms with E-state index in [0.717, 1.165) is 0 Å². The number of rotatable bonds is 4. The Morgan fingerprint density at radius 2 is 1.33 bits per heavy atom. The van der Waals surface area contributed by atoms with Crippen LogP contribution >= 0.6 is 0 Å². The van der Waals surface area contributed by atoms with Gasteiger partial charge in [-0.3, -0.25) is 0 Å². The van der Waals surface area contributed by atoms with Crippen LogP contribution in [0.3, 0.4) is 0 Å². The molecule has 0 unspecified atom stereocenters. The smallest absolute Gasteiger partial charge is 0.187 e. The molecule has 4 N–H and O–H groups in total. The second-order valence-corrected chi connectivity index (χ2v) is 5.57. The number of benzene rings is 2. The first-order valence-corrected chi connectivity index (χ1v) is 8.08. The summed E-state index contributed by atoms with van der Waals surface area (Å²) in [4.78, 5) is 4.32. The van der Waals surface area contributed by atoms with E-state index in [1.165, 1.54) is 10.7 Å². The third-order valence-corrected chi connectivity index (χ3v) is 3.71. The van der Waals surface area contributed by atoms with Gasteiger partial charge in [-0.1, -0.05) is 36.4 Å². The van der Waals surface area contributed by atoms with E-state index in [2.05, 4.69) is 30.5 Å². The maximum Gasteiger partial charge on any atom is 0.187 e. The first-order chi connectivity index (χ1) is 13.2. The predicted molar refractivity (Wildman–Crippen MR) is 103 cm³/mol. The fourth-order valence-electron chi connectivity index (χ4n) is 2.38. The Hall–Kier alpha value is -4.14. The van der Waals surface area contributed by atoms with Crippen LogP contribution in [0.5, 0.6) is 0 Å². The van der Waals surface area contributed by atoms with Crippen LogP contribution in [-0.2, 0) is 0 Å². The summed E-state index contributed by atoms with van der Waals surface area (Å²) in [5.41, 5.74) is 14.6. The highest BCUT2D eigenvalue weighted by Gasteiger charge is 2.15. The van der Waals surface area contributed by atoms with Crippen molar-refractivity contribution in [2.24, 2.45) is 20.5 Å².